The molecule has 0 N–H and O–H groups in total. The second-order valence-electron chi connectivity index (χ2n) is 6.12. The van der Waals surface area contributed by atoms with Crippen LogP contribution in [0.25, 0.3) is 6.08 Å². The zero-order valence-electron chi connectivity index (χ0n) is 14.8. The summed E-state index contributed by atoms with van der Waals surface area (Å²) in [5.41, 5.74) is 3.32. The first-order valence-corrected chi connectivity index (χ1v) is 9.50. The summed E-state index contributed by atoms with van der Waals surface area (Å²) in [5.74, 6) is -0.0311. The molecule has 0 unspecified atom stereocenters. The van der Waals surface area contributed by atoms with Crippen molar-refractivity contribution in [1.29, 1.82) is 0 Å². The molecule has 3 rings (SSSR count). The minimum Gasteiger partial charge on any atom is -0.378 e. The molecule has 0 atom stereocenters. The summed E-state index contributed by atoms with van der Waals surface area (Å²) < 4.78 is 0.605. The van der Waals surface area contributed by atoms with Crippen molar-refractivity contribution in [2.24, 2.45) is 0 Å². The highest BCUT2D eigenvalue weighted by molar-refractivity contribution is 8.26. The third kappa shape index (κ3) is 4.42. The Morgan fingerprint density at radius 3 is 2.42 bits per heavy atom. The van der Waals surface area contributed by atoms with Crippen molar-refractivity contribution in [3.8, 4) is 0 Å². The van der Waals surface area contributed by atoms with Crippen molar-refractivity contribution in [2.75, 3.05) is 19.0 Å². The van der Waals surface area contributed by atoms with Gasteiger partial charge in [0.15, 0.2) is 0 Å². The molecule has 2 aromatic rings. The Morgan fingerprint density at radius 1 is 1.08 bits per heavy atom. The zero-order chi connectivity index (χ0) is 18.5. The molecule has 0 aromatic heterocycles. The molecule has 132 valence electrons. The Bertz CT molecular complexity index is 855. The fourth-order valence-corrected chi connectivity index (χ4v) is 3.75. The van der Waals surface area contributed by atoms with E-state index >= 15 is 0 Å². The van der Waals surface area contributed by atoms with Gasteiger partial charge in [0.05, 0.1) is 11.4 Å². The van der Waals surface area contributed by atoms with Gasteiger partial charge in [-0.3, -0.25) is 9.69 Å². The minimum absolute atomic E-state index is 0.0311. The van der Waals surface area contributed by atoms with Crippen LogP contribution in [0.1, 0.15) is 11.1 Å². The molecule has 0 spiro atoms. The molecule has 0 saturated carbocycles. The van der Waals surface area contributed by atoms with E-state index in [0.717, 1.165) is 16.8 Å². The number of thioether (sulfide) groups is 1. The summed E-state index contributed by atoms with van der Waals surface area (Å²) in [6, 6.07) is 18.1. The largest absolute Gasteiger partial charge is 0.378 e. The molecular weight excluding hydrogens is 360 g/mol. The number of amides is 1. The number of allylic oxidation sites excluding steroid dienone is 2. The molecule has 26 heavy (non-hydrogen) atoms. The summed E-state index contributed by atoms with van der Waals surface area (Å²) in [7, 11) is 4.03. The number of benzene rings is 2. The molecule has 3 nitrogen and oxygen atoms in total. The van der Waals surface area contributed by atoms with Gasteiger partial charge in [-0.15, -0.1) is 0 Å². The molecule has 0 aliphatic carbocycles. The van der Waals surface area contributed by atoms with Crippen molar-refractivity contribution >= 4 is 46.0 Å². The van der Waals surface area contributed by atoms with Gasteiger partial charge in [0, 0.05) is 19.8 Å². The van der Waals surface area contributed by atoms with Gasteiger partial charge in [-0.25, -0.2) is 0 Å². The van der Waals surface area contributed by atoms with Gasteiger partial charge >= 0.3 is 0 Å². The number of carbonyl (C=O) groups excluding carboxylic acids is 1. The number of hydrogen-bond acceptors (Lipinski definition) is 4. The number of thiocarbonyl (C=S) groups is 1. The summed E-state index contributed by atoms with van der Waals surface area (Å²) in [4.78, 5) is 17.0. The minimum atomic E-state index is -0.0311. The van der Waals surface area contributed by atoms with Gasteiger partial charge in [0.1, 0.15) is 4.32 Å². The van der Waals surface area contributed by atoms with Gasteiger partial charge in [0.25, 0.3) is 5.91 Å². The maximum absolute atomic E-state index is 12.6. The molecule has 1 heterocycles. The first-order valence-electron chi connectivity index (χ1n) is 8.28. The Balaban J connectivity index is 1.67. The van der Waals surface area contributed by atoms with Crippen LogP contribution in [0.3, 0.4) is 0 Å². The van der Waals surface area contributed by atoms with E-state index in [0.29, 0.717) is 15.8 Å². The second-order valence-corrected chi connectivity index (χ2v) is 7.80. The summed E-state index contributed by atoms with van der Waals surface area (Å²) in [6.07, 6.45) is 5.73. The molecule has 1 aliphatic heterocycles. The van der Waals surface area contributed by atoms with Gasteiger partial charge in [-0.05, 0) is 29.3 Å². The van der Waals surface area contributed by atoms with Gasteiger partial charge in [-0.2, -0.15) is 0 Å². The zero-order valence-corrected chi connectivity index (χ0v) is 16.4. The van der Waals surface area contributed by atoms with Crippen molar-refractivity contribution in [3.63, 3.8) is 0 Å². The lowest BCUT2D eigenvalue weighted by atomic mass is 10.2. The fraction of sp³-hybridized carbons (Fsp3) is 0.143. The van der Waals surface area contributed by atoms with Crippen LogP contribution in [0.15, 0.2) is 71.7 Å². The Hall–Kier alpha value is -2.37. The number of hydrogen-bond donors (Lipinski definition) is 0. The predicted octanol–water partition coefficient (Wildman–Crippen LogP) is 4.71. The molecular formula is C21H20N2OS2. The number of anilines is 1. The molecule has 1 fully saturated rings. The first kappa shape index (κ1) is 18.4. The average Bonchev–Trinajstić information content (AvgIpc) is 2.91. The Morgan fingerprint density at radius 2 is 1.77 bits per heavy atom. The van der Waals surface area contributed by atoms with E-state index in [1.165, 1.54) is 11.8 Å². The van der Waals surface area contributed by atoms with Crippen LogP contribution < -0.4 is 4.90 Å². The van der Waals surface area contributed by atoms with Crippen molar-refractivity contribution in [1.82, 2.24) is 4.90 Å². The van der Waals surface area contributed by atoms with Crippen LogP contribution >= 0.6 is 24.0 Å². The highest BCUT2D eigenvalue weighted by Gasteiger charge is 2.31. The summed E-state index contributed by atoms with van der Waals surface area (Å²) >= 11 is 6.73. The van der Waals surface area contributed by atoms with Gasteiger partial charge < -0.3 is 4.90 Å². The van der Waals surface area contributed by atoms with Crippen LogP contribution in [-0.2, 0) is 11.3 Å². The van der Waals surface area contributed by atoms with E-state index in [2.05, 4.69) is 29.2 Å². The molecule has 5 heteroatoms. The van der Waals surface area contributed by atoms with E-state index in [1.54, 1.807) is 4.90 Å². The van der Waals surface area contributed by atoms with Crippen LogP contribution in [0.4, 0.5) is 5.69 Å². The lowest BCUT2D eigenvalue weighted by Crippen LogP contribution is -2.27. The van der Waals surface area contributed by atoms with Crippen molar-refractivity contribution < 1.29 is 4.79 Å². The van der Waals surface area contributed by atoms with Crippen molar-refractivity contribution in [3.05, 3.63) is 82.8 Å². The molecule has 1 saturated heterocycles. The SMILES string of the molecule is CN(C)c1ccc(/C=C/C=C2/SC(=S)N(Cc3ccccc3)C2=O)cc1. The first-order chi connectivity index (χ1) is 12.5. The highest BCUT2D eigenvalue weighted by atomic mass is 32.2. The second kappa shape index (κ2) is 8.34. The summed E-state index contributed by atoms with van der Waals surface area (Å²) in [6.45, 7) is 0.512. The van der Waals surface area contributed by atoms with Crippen LogP contribution in [0.2, 0.25) is 0 Å². The van der Waals surface area contributed by atoms with E-state index in [4.69, 9.17) is 12.2 Å². The van der Waals surface area contributed by atoms with Crippen LogP contribution in [-0.4, -0.2) is 29.2 Å². The maximum Gasteiger partial charge on any atom is 0.266 e. The van der Waals surface area contributed by atoms with Gasteiger partial charge in [0.2, 0.25) is 0 Å². The number of nitrogens with zero attached hydrogens (tertiary/aromatic N) is 2. The molecule has 0 radical (unpaired) electrons. The predicted molar refractivity (Wildman–Crippen MR) is 115 cm³/mol. The van der Waals surface area contributed by atoms with E-state index in [1.807, 2.05) is 62.7 Å². The van der Waals surface area contributed by atoms with Crippen molar-refractivity contribution in [2.45, 2.75) is 6.54 Å². The van der Waals surface area contributed by atoms with E-state index in [-0.39, 0.29) is 5.91 Å². The quantitative estimate of drug-likeness (QED) is 0.554. The topological polar surface area (TPSA) is 23.6 Å². The Labute approximate surface area is 164 Å². The number of rotatable bonds is 5. The fourth-order valence-electron chi connectivity index (χ4n) is 2.55. The molecule has 0 bridgehead atoms. The average molecular weight is 381 g/mol. The lowest BCUT2D eigenvalue weighted by molar-refractivity contribution is -0.122. The van der Waals surface area contributed by atoms with Crippen LogP contribution in [0, 0.1) is 0 Å². The molecule has 1 amide bonds. The maximum atomic E-state index is 12.6. The van der Waals surface area contributed by atoms with Gasteiger partial charge in [-0.1, -0.05) is 78.6 Å². The highest BCUT2D eigenvalue weighted by Crippen LogP contribution is 2.32. The lowest BCUT2D eigenvalue weighted by Gasteiger charge is -2.14. The third-order valence-electron chi connectivity index (χ3n) is 4.00. The Kier molecular flexibility index (Phi) is 5.91. The number of carbonyl (C=O) groups is 1. The molecule has 1 aliphatic rings. The smallest absolute Gasteiger partial charge is 0.266 e. The molecule has 2 aromatic carbocycles. The monoisotopic (exact) mass is 380 g/mol. The summed E-state index contributed by atoms with van der Waals surface area (Å²) in [5, 5.41) is 0. The normalized spacial score (nSPS) is 16.1. The van der Waals surface area contributed by atoms with E-state index < -0.39 is 0 Å². The standard InChI is InChI=1S/C21H20N2OS2/c1-22(2)18-13-11-16(12-14-18)9-6-10-19-20(24)23(21(25)26-19)15-17-7-4-3-5-8-17/h3-14H,15H2,1-2H3/b9-6+,19-10+. The van der Waals surface area contributed by atoms with Crippen LogP contribution in [0.5, 0.6) is 0 Å². The van der Waals surface area contributed by atoms with E-state index in [9.17, 15) is 4.79 Å². The third-order valence-corrected chi connectivity index (χ3v) is 5.40.